The van der Waals surface area contributed by atoms with Gasteiger partial charge in [-0.15, -0.1) is 0 Å². The number of oxazole rings is 1. The highest BCUT2D eigenvalue weighted by molar-refractivity contribution is 8.00. The molecular formula is C16H15FN2O2S. The van der Waals surface area contributed by atoms with E-state index in [2.05, 4.69) is 10.8 Å². The summed E-state index contributed by atoms with van der Waals surface area (Å²) in [4.78, 5) is 11.8. The highest BCUT2D eigenvalue weighted by Crippen LogP contribution is 2.28. The molecule has 4 nitrogen and oxygen atoms in total. The van der Waals surface area contributed by atoms with Gasteiger partial charge in [-0.05, 0) is 49.1 Å². The minimum absolute atomic E-state index is 0.374. The van der Waals surface area contributed by atoms with E-state index in [1.807, 2.05) is 26.0 Å². The minimum Gasteiger partial charge on any atom is -0.408 e. The van der Waals surface area contributed by atoms with Gasteiger partial charge in [0.05, 0.1) is 10.4 Å². The second-order valence-corrected chi connectivity index (χ2v) is 6.11. The third kappa shape index (κ3) is 2.74. The topological polar surface area (TPSA) is 47.2 Å². The summed E-state index contributed by atoms with van der Waals surface area (Å²) in [7, 11) is 1.55. The zero-order chi connectivity index (χ0) is 15.9. The minimum atomic E-state index is -0.501. The van der Waals surface area contributed by atoms with Gasteiger partial charge in [0, 0.05) is 24.9 Å². The molecule has 22 heavy (non-hydrogen) atoms. The lowest BCUT2D eigenvalue weighted by Gasteiger charge is -2.08. The summed E-state index contributed by atoms with van der Waals surface area (Å²) in [6.45, 7) is 4.02. The highest BCUT2D eigenvalue weighted by atomic mass is 32.2. The van der Waals surface area contributed by atoms with Crippen LogP contribution in [0.2, 0.25) is 0 Å². The molecule has 0 amide bonds. The number of hydrogen-bond acceptors (Lipinski definition) is 4. The molecule has 0 spiro atoms. The number of rotatable bonds is 3. The fourth-order valence-corrected chi connectivity index (χ4v) is 3.02. The van der Waals surface area contributed by atoms with Crippen molar-refractivity contribution in [1.82, 2.24) is 4.57 Å². The molecule has 0 aliphatic carbocycles. The Kier molecular flexibility index (Phi) is 3.70. The van der Waals surface area contributed by atoms with Gasteiger partial charge in [-0.1, -0.05) is 6.07 Å². The summed E-state index contributed by atoms with van der Waals surface area (Å²) >= 11 is 1.15. The second-order valence-electron chi connectivity index (χ2n) is 5.26. The third-order valence-corrected chi connectivity index (χ3v) is 4.22. The van der Waals surface area contributed by atoms with Crippen LogP contribution in [0.25, 0.3) is 11.1 Å². The number of aromatic nitrogens is 1. The Morgan fingerprint density at radius 2 is 1.82 bits per heavy atom. The Bertz CT molecular complexity index is 894. The van der Waals surface area contributed by atoms with Crippen molar-refractivity contribution in [3.63, 3.8) is 0 Å². The van der Waals surface area contributed by atoms with E-state index in [9.17, 15) is 9.18 Å². The average molecular weight is 318 g/mol. The predicted molar refractivity (Wildman–Crippen MR) is 86.8 cm³/mol. The summed E-state index contributed by atoms with van der Waals surface area (Å²) in [5.74, 6) is -0.899. The van der Waals surface area contributed by atoms with E-state index in [0.717, 1.165) is 28.8 Å². The summed E-state index contributed by atoms with van der Waals surface area (Å²) in [6, 6.07) is 8.89. The van der Waals surface area contributed by atoms with Gasteiger partial charge in [-0.2, -0.15) is 0 Å². The van der Waals surface area contributed by atoms with E-state index < -0.39 is 11.6 Å². The first-order valence-electron chi connectivity index (χ1n) is 6.74. The molecule has 1 aromatic heterocycles. The number of halogens is 1. The zero-order valence-corrected chi connectivity index (χ0v) is 13.3. The standard InChI is InChI=1S/C16H15FN2O2S/c1-9-4-10(2)6-11(5-9)18-22-15-8-14-13(7-12(15)17)19(3)16(20)21-14/h4-8,18H,1-3H3. The molecule has 0 saturated heterocycles. The molecule has 1 heterocycles. The fourth-order valence-electron chi connectivity index (χ4n) is 2.35. The maximum absolute atomic E-state index is 14.2. The van der Waals surface area contributed by atoms with Crippen LogP contribution in [0.1, 0.15) is 11.1 Å². The normalized spacial score (nSPS) is 11.1. The average Bonchev–Trinajstić information content (AvgIpc) is 2.71. The van der Waals surface area contributed by atoms with E-state index in [1.54, 1.807) is 7.05 Å². The number of nitrogens with one attached hydrogen (secondary N) is 1. The summed E-state index contributed by atoms with van der Waals surface area (Å²) in [5, 5.41) is 0. The number of hydrogen-bond donors (Lipinski definition) is 1. The molecule has 0 bridgehead atoms. The van der Waals surface area contributed by atoms with Crippen LogP contribution in [0.15, 0.2) is 44.4 Å². The maximum Gasteiger partial charge on any atom is 0.419 e. The molecule has 3 aromatic rings. The van der Waals surface area contributed by atoms with Crippen molar-refractivity contribution in [3.05, 3.63) is 57.8 Å². The number of fused-ring (bicyclic) bond motifs is 1. The van der Waals surface area contributed by atoms with Gasteiger partial charge in [-0.3, -0.25) is 4.57 Å². The van der Waals surface area contributed by atoms with Gasteiger partial charge < -0.3 is 9.14 Å². The Hall–Kier alpha value is -2.21. The SMILES string of the molecule is Cc1cc(C)cc(NSc2cc3oc(=O)n(C)c3cc2F)c1. The molecule has 0 atom stereocenters. The molecule has 6 heteroatoms. The quantitative estimate of drug-likeness (QED) is 0.741. The predicted octanol–water partition coefficient (Wildman–Crippen LogP) is 4.01. The van der Waals surface area contributed by atoms with Crippen LogP contribution >= 0.6 is 11.9 Å². The van der Waals surface area contributed by atoms with E-state index >= 15 is 0 Å². The lowest BCUT2D eigenvalue weighted by molar-refractivity contribution is 0.527. The van der Waals surface area contributed by atoms with Gasteiger partial charge in [0.25, 0.3) is 0 Å². The maximum atomic E-state index is 14.2. The smallest absolute Gasteiger partial charge is 0.408 e. The van der Waals surface area contributed by atoms with Gasteiger partial charge >= 0.3 is 5.76 Å². The Morgan fingerprint density at radius 1 is 1.14 bits per heavy atom. The summed E-state index contributed by atoms with van der Waals surface area (Å²) < 4.78 is 23.6. The van der Waals surface area contributed by atoms with Crippen LogP contribution < -0.4 is 10.5 Å². The molecule has 2 aromatic carbocycles. The van der Waals surface area contributed by atoms with Crippen molar-refractivity contribution in [2.24, 2.45) is 7.05 Å². The van der Waals surface area contributed by atoms with Gasteiger partial charge in [0.2, 0.25) is 0 Å². The first kappa shape index (κ1) is 14.7. The van der Waals surface area contributed by atoms with Crippen LogP contribution in [0, 0.1) is 19.7 Å². The second kappa shape index (κ2) is 5.53. The van der Waals surface area contributed by atoms with E-state index in [-0.39, 0.29) is 0 Å². The van der Waals surface area contributed by atoms with Crippen LogP contribution in [0.5, 0.6) is 0 Å². The molecule has 0 aliphatic rings. The first-order valence-corrected chi connectivity index (χ1v) is 7.56. The molecule has 0 unspecified atom stereocenters. The first-order chi connectivity index (χ1) is 10.4. The fraction of sp³-hybridized carbons (Fsp3) is 0.188. The molecule has 0 radical (unpaired) electrons. The lowest BCUT2D eigenvalue weighted by Crippen LogP contribution is -2.08. The molecule has 1 N–H and O–H groups in total. The van der Waals surface area contributed by atoms with E-state index in [4.69, 9.17) is 4.42 Å². The van der Waals surface area contributed by atoms with Crippen molar-refractivity contribution in [1.29, 1.82) is 0 Å². The number of aryl methyl sites for hydroxylation is 3. The van der Waals surface area contributed by atoms with E-state index in [1.165, 1.54) is 16.7 Å². The van der Waals surface area contributed by atoms with Crippen LogP contribution in [-0.4, -0.2) is 4.57 Å². The Balaban J connectivity index is 1.90. The van der Waals surface area contributed by atoms with Gasteiger partial charge in [0.15, 0.2) is 5.58 Å². The van der Waals surface area contributed by atoms with Crippen LogP contribution in [-0.2, 0) is 7.05 Å². The largest absolute Gasteiger partial charge is 0.419 e. The van der Waals surface area contributed by atoms with Crippen LogP contribution in [0.4, 0.5) is 10.1 Å². The number of anilines is 1. The molecule has 0 saturated carbocycles. The zero-order valence-electron chi connectivity index (χ0n) is 12.4. The molecular weight excluding hydrogens is 303 g/mol. The lowest BCUT2D eigenvalue weighted by atomic mass is 10.1. The van der Waals surface area contributed by atoms with Crippen LogP contribution in [0.3, 0.4) is 0 Å². The summed E-state index contributed by atoms with van der Waals surface area (Å²) in [6.07, 6.45) is 0. The Labute approximate surface area is 131 Å². The van der Waals surface area contributed by atoms with Gasteiger partial charge in [0.1, 0.15) is 5.82 Å². The summed E-state index contributed by atoms with van der Waals surface area (Å²) in [5.41, 5.74) is 3.98. The monoisotopic (exact) mass is 318 g/mol. The highest BCUT2D eigenvalue weighted by Gasteiger charge is 2.12. The van der Waals surface area contributed by atoms with E-state index in [0.29, 0.717) is 16.0 Å². The number of benzene rings is 2. The Morgan fingerprint density at radius 3 is 2.50 bits per heavy atom. The van der Waals surface area contributed by atoms with Gasteiger partial charge in [-0.25, -0.2) is 9.18 Å². The third-order valence-electron chi connectivity index (χ3n) is 3.35. The van der Waals surface area contributed by atoms with Crippen molar-refractivity contribution in [2.75, 3.05) is 4.72 Å². The van der Waals surface area contributed by atoms with Crippen molar-refractivity contribution >= 4 is 28.7 Å². The molecule has 0 fully saturated rings. The van der Waals surface area contributed by atoms with Crippen molar-refractivity contribution in [2.45, 2.75) is 18.7 Å². The molecule has 0 aliphatic heterocycles. The molecule has 114 valence electrons. The van der Waals surface area contributed by atoms with Crippen molar-refractivity contribution < 1.29 is 8.81 Å². The van der Waals surface area contributed by atoms with Crippen molar-refractivity contribution in [3.8, 4) is 0 Å². The number of nitrogens with zero attached hydrogens (tertiary/aromatic N) is 1. The molecule has 3 rings (SSSR count).